The smallest absolute Gasteiger partial charge is 0.160 e. The molecule has 0 bridgehead atoms. The topological polar surface area (TPSA) is 129 Å². The average molecular weight is 1090 g/mol. The van der Waals surface area contributed by atoms with E-state index in [4.69, 9.17) is 66.3 Å². The average Bonchev–Trinajstić information content (AvgIpc) is 3.41. The van der Waals surface area contributed by atoms with E-state index >= 15 is 0 Å². The highest BCUT2D eigenvalue weighted by Crippen LogP contribution is 2.24. The van der Waals surface area contributed by atoms with Crippen molar-refractivity contribution in [2.24, 2.45) is 5.92 Å². The van der Waals surface area contributed by atoms with Crippen LogP contribution in [0.15, 0.2) is 24.3 Å². The quantitative estimate of drug-likeness (QED) is 0.0453. The second kappa shape index (κ2) is 58.3. The van der Waals surface area contributed by atoms with E-state index in [9.17, 15) is 0 Å². The first-order chi connectivity index (χ1) is 37.4. The Kier molecular flexibility index (Phi) is 55.8. The first kappa shape index (κ1) is 72.7. The van der Waals surface area contributed by atoms with Crippen molar-refractivity contribution in [2.75, 3.05) is 172 Å². The van der Waals surface area contributed by atoms with Gasteiger partial charge in [-0.3, -0.25) is 0 Å². The van der Waals surface area contributed by atoms with Gasteiger partial charge in [-0.15, -0.1) is 0 Å². The molecule has 0 amide bonds. The Morgan fingerprint density at radius 2 is 0.513 bits per heavy atom. The number of hydrogen-bond donors (Lipinski definition) is 0. The lowest BCUT2D eigenvalue weighted by Crippen LogP contribution is -2.30. The van der Waals surface area contributed by atoms with Crippen LogP contribution in [-0.2, 0) is 78.2 Å². The van der Waals surface area contributed by atoms with Gasteiger partial charge in [0.25, 0.3) is 0 Å². The number of unbranched alkanes of at least 4 members (excludes halogenated alkanes) is 18. The summed E-state index contributed by atoms with van der Waals surface area (Å²) in [6.07, 6.45) is 27.2. The van der Waals surface area contributed by atoms with Gasteiger partial charge in [0, 0.05) is 19.1 Å². The molecule has 1 atom stereocenters. The molecule has 0 saturated heterocycles. The van der Waals surface area contributed by atoms with Crippen molar-refractivity contribution in [3.05, 3.63) is 35.4 Å². The zero-order valence-corrected chi connectivity index (χ0v) is 49.9. The number of rotatable bonds is 63. The predicted molar refractivity (Wildman–Crippen MR) is 307 cm³/mol. The van der Waals surface area contributed by atoms with Crippen LogP contribution in [0.3, 0.4) is 0 Å². The highest BCUT2D eigenvalue weighted by molar-refractivity contribution is 5.27. The summed E-state index contributed by atoms with van der Waals surface area (Å²) < 4.78 is 80.5. The number of benzene rings is 1. The minimum absolute atomic E-state index is 0.109. The van der Waals surface area contributed by atoms with Crippen molar-refractivity contribution in [1.29, 1.82) is 0 Å². The molecule has 0 heterocycles. The Morgan fingerprint density at radius 1 is 0.289 bits per heavy atom. The number of hydrogen-bond acceptors (Lipinski definition) is 14. The maximum absolute atomic E-state index is 6.23. The molecule has 0 radical (unpaired) electrons. The standard InChI is InChI=1S/C62H118O14/c1-7-9-11-13-15-17-19-21-23-25-31-63-33-35-65-37-39-67-41-43-69-45-47-71-49-51-73-53-55-75-61(58(3)57-59-27-29-60(30-28-59)62(4,5)6)76-56-54-74-52-50-72-48-46-70-44-42-68-40-38-66-36-34-64-32-26-24-22-20-18-16-14-12-10-8-2/h27-30,58,61H,7-26,31-57H2,1-6H3. The molecule has 0 fully saturated rings. The van der Waals surface area contributed by atoms with Crippen molar-refractivity contribution in [3.8, 4) is 0 Å². The third kappa shape index (κ3) is 52.1. The highest BCUT2D eigenvalue weighted by atomic mass is 16.7. The van der Waals surface area contributed by atoms with E-state index in [1.54, 1.807) is 0 Å². The summed E-state index contributed by atoms with van der Waals surface area (Å²) in [4.78, 5) is 0. The molecule has 0 aliphatic rings. The molecule has 76 heavy (non-hydrogen) atoms. The van der Waals surface area contributed by atoms with Crippen LogP contribution in [0.1, 0.15) is 181 Å². The summed E-state index contributed by atoms with van der Waals surface area (Å²) in [6, 6.07) is 8.86. The van der Waals surface area contributed by atoms with Crippen molar-refractivity contribution >= 4 is 0 Å². The Bertz CT molecular complexity index is 1190. The van der Waals surface area contributed by atoms with Gasteiger partial charge >= 0.3 is 0 Å². The van der Waals surface area contributed by atoms with Crippen LogP contribution >= 0.6 is 0 Å². The third-order valence-electron chi connectivity index (χ3n) is 12.9. The third-order valence-corrected chi connectivity index (χ3v) is 12.9. The fourth-order valence-corrected chi connectivity index (χ4v) is 8.22. The Labute approximate surface area is 465 Å². The summed E-state index contributed by atoms with van der Waals surface area (Å²) in [6.45, 7) is 27.5. The van der Waals surface area contributed by atoms with Gasteiger partial charge in [-0.2, -0.15) is 0 Å². The molecule has 1 unspecified atom stereocenters. The normalized spacial score (nSPS) is 12.5. The van der Waals surface area contributed by atoms with Gasteiger partial charge in [0.15, 0.2) is 6.29 Å². The van der Waals surface area contributed by atoms with E-state index in [0.717, 1.165) is 32.5 Å². The van der Waals surface area contributed by atoms with Crippen molar-refractivity contribution in [1.82, 2.24) is 0 Å². The fourth-order valence-electron chi connectivity index (χ4n) is 8.22. The molecule has 0 saturated carbocycles. The summed E-state index contributed by atoms with van der Waals surface area (Å²) in [5.41, 5.74) is 2.68. The second-order valence-corrected chi connectivity index (χ2v) is 21.0. The molecular formula is C62H118O14. The predicted octanol–water partition coefficient (Wildman–Crippen LogP) is 12.6. The summed E-state index contributed by atoms with van der Waals surface area (Å²) in [7, 11) is 0. The van der Waals surface area contributed by atoms with Crippen LogP contribution in [0.25, 0.3) is 0 Å². The first-order valence-corrected chi connectivity index (χ1v) is 30.6. The van der Waals surface area contributed by atoms with Gasteiger partial charge < -0.3 is 66.3 Å². The van der Waals surface area contributed by atoms with Crippen LogP contribution in [0.5, 0.6) is 0 Å². The van der Waals surface area contributed by atoms with Gasteiger partial charge in [-0.05, 0) is 35.8 Å². The van der Waals surface area contributed by atoms with Crippen LogP contribution in [0.4, 0.5) is 0 Å². The second-order valence-electron chi connectivity index (χ2n) is 21.0. The van der Waals surface area contributed by atoms with Gasteiger partial charge in [-0.25, -0.2) is 0 Å². The van der Waals surface area contributed by atoms with Crippen molar-refractivity contribution in [3.63, 3.8) is 0 Å². The molecule has 0 aromatic heterocycles. The largest absolute Gasteiger partial charge is 0.379 e. The van der Waals surface area contributed by atoms with Gasteiger partial charge in [0.2, 0.25) is 0 Å². The summed E-state index contributed by atoms with van der Waals surface area (Å²) in [5.74, 6) is 0.118. The Hall–Kier alpha value is -1.34. The van der Waals surface area contributed by atoms with Gasteiger partial charge in [-0.1, -0.05) is 181 Å². The maximum atomic E-state index is 6.23. The lowest BCUT2D eigenvalue weighted by molar-refractivity contribution is -0.182. The van der Waals surface area contributed by atoms with Crippen LogP contribution < -0.4 is 0 Å². The lowest BCUT2D eigenvalue weighted by Gasteiger charge is -2.25. The van der Waals surface area contributed by atoms with Crippen molar-refractivity contribution in [2.45, 2.75) is 188 Å². The minimum atomic E-state index is -0.406. The van der Waals surface area contributed by atoms with Crippen LogP contribution in [0, 0.1) is 5.92 Å². The van der Waals surface area contributed by atoms with E-state index in [1.807, 2.05) is 0 Å². The fraction of sp³-hybridized carbons (Fsp3) is 0.903. The van der Waals surface area contributed by atoms with Gasteiger partial charge in [0.1, 0.15) is 0 Å². The molecule has 0 spiro atoms. The monoisotopic (exact) mass is 1090 g/mol. The van der Waals surface area contributed by atoms with Crippen LogP contribution in [0.2, 0.25) is 0 Å². The molecule has 1 rings (SSSR count). The zero-order chi connectivity index (χ0) is 54.8. The van der Waals surface area contributed by atoms with Crippen LogP contribution in [-0.4, -0.2) is 178 Å². The van der Waals surface area contributed by atoms with E-state index < -0.39 is 6.29 Å². The highest BCUT2D eigenvalue weighted by Gasteiger charge is 2.20. The first-order valence-electron chi connectivity index (χ1n) is 30.6. The lowest BCUT2D eigenvalue weighted by atomic mass is 9.86. The molecular weight excluding hydrogens is 969 g/mol. The molecule has 1 aromatic rings. The Morgan fingerprint density at radius 3 is 0.763 bits per heavy atom. The zero-order valence-electron chi connectivity index (χ0n) is 49.9. The van der Waals surface area contributed by atoms with Gasteiger partial charge in [0.05, 0.1) is 159 Å². The van der Waals surface area contributed by atoms with E-state index in [-0.39, 0.29) is 11.3 Å². The molecule has 0 aliphatic heterocycles. The molecule has 0 N–H and O–H groups in total. The molecule has 1 aromatic carbocycles. The summed E-state index contributed by atoms with van der Waals surface area (Å²) in [5, 5.41) is 0. The SMILES string of the molecule is CCCCCCCCCCCCOCCOCCOCCOCCOCCOCCOC(OCCOCCOCCOCCOCCOCCOCCCCCCCCCCCC)C(C)Cc1ccc(C(C)(C)C)cc1. The van der Waals surface area contributed by atoms with E-state index in [2.05, 4.69) is 65.8 Å². The molecule has 14 heteroatoms. The summed E-state index contributed by atoms with van der Waals surface area (Å²) >= 11 is 0. The Balaban J connectivity index is 2.02. The molecule has 450 valence electrons. The van der Waals surface area contributed by atoms with E-state index in [0.29, 0.717) is 159 Å². The molecule has 14 nitrogen and oxygen atoms in total. The van der Waals surface area contributed by atoms with E-state index in [1.165, 1.54) is 127 Å². The number of ether oxygens (including phenoxy) is 14. The molecule has 0 aliphatic carbocycles. The van der Waals surface area contributed by atoms with Crippen molar-refractivity contribution < 1.29 is 66.3 Å². The maximum Gasteiger partial charge on any atom is 0.160 e. The minimum Gasteiger partial charge on any atom is -0.379 e.